The zero-order valence-electron chi connectivity index (χ0n) is 13.4. The number of ether oxygens (including phenoxy) is 1. The van der Waals surface area contributed by atoms with Crippen molar-refractivity contribution >= 4 is 11.4 Å². The second-order valence-electron chi connectivity index (χ2n) is 6.36. The molecule has 0 aliphatic carbocycles. The highest BCUT2D eigenvalue weighted by atomic mass is 19.1. The molecule has 2 heterocycles. The average Bonchev–Trinajstić information content (AvgIpc) is 2.56. The van der Waals surface area contributed by atoms with Crippen LogP contribution in [-0.4, -0.2) is 44.2 Å². The third-order valence-electron chi connectivity index (χ3n) is 5.01. The van der Waals surface area contributed by atoms with Gasteiger partial charge in [0.05, 0.1) is 18.5 Å². The van der Waals surface area contributed by atoms with Gasteiger partial charge in [0, 0.05) is 31.3 Å². The minimum Gasteiger partial charge on any atom is -0.495 e. The van der Waals surface area contributed by atoms with E-state index in [-0.39, 0.29) is 5.82 Å². The van der Waals surface area contributed by atoms with Crippen molar-refractivity contribution in [1.29, 1.82) is 0 Å². The minimum atomic E-state index is -0.255. The van der Waals surface area contributed by atoms with E-state index >= 15 is 0 Å². The molecule has 0 amide bonds. The van der Waals surface area contributed by atoms with Crippen LogP contribution >= 0.6 is 0 Å². The van der Waals surface area contributed by atoms with E-state index in [4.69, 9.17) is 10.5 Å². The first-order chi connectivity index (χ1) is 10.7. The number of likely N-dealkylation sites (tertiary alicyclic amines) is 1. The Hall–Kier alpha value is -1.49. The van der Waals surface area contributed by atoms with Gasteiger partial charge in [-0.3, -0.25) is 0 Å². The summed E-state index contributed by atoms with van der Waals surface area (Å²) in [6.45, 7) is 4.25. The summed E-state index contributed by atoms with van der Waals surface area (Å²) in [6.07, 6.45) is 6.22. The minimum absolute atomic E-state index is 0.255. The fourth-order valence-corrected chi connectivity index (χ4v) is 3.73. The highest BCUT2D eigenvalue weighted by molar-refractivity contribution is 5.63. The van der Waals surface area contributed by atoms with Crippen LogP contribution in [0.4, 0.5) is 15.8 Å². The molecule has 0 saturated carbocycles. The molecule has 2 aliphatic rings. The number of benzene rings is 1. The number of halogens is 1. The Kier molecular flexibility index (Phi) is 4.71. The van der Waals surface area contributed by atoms with Gasteiger partial charge in [0.2, 0.25) is 0 Å². The van der Waals surface area contributed by atoms with Crippen molar-refractivity contribution in [3.05, 3.63) is 17.9 Å². The SMILES string of the molecule is COc1cc(N2CCC(N3CCCCC3)CC2)c(F)cc1N. The molecule has 1 aromatic carbocycles. The van der Waals surface area contributed by atoms with E-state index in [1.165, 1.54) is 38.4 Å². The van der Waals surface area contributed by atoms with Crippen LogP contribution in [0.3, 0.4) is 0 Å². The van der Waals surface area contributed by atoms with E-state index in [9.17, 15) is 4.39 Å². The van der Waals surface area contributed by atoms with Gasteiger partial charge in [-0.05, 0) is 38.8 Å². The number of hydrogen-bond acceptors (Lipinski definition) is 4. The molecule has 2 aliphatic heterocycles. The number of hydrogen-bond donors (Lipinski definition) is 1. The fraction of sp³-hybridized carbons (Fsp3) is 0.647. The molecule has 2 fully saturated rings. The smallest absolute Gasteiger partial charge is 0.148 e. The second kappa shape index (κ2) is 6.73. The number of rotatable bonds is 3. The van der Waals surface area contributed by atoms with E-state index in [0.717, 1.165) is 25.9 Å². The zero-order valence-corrected chi connectivity index (χ0v) is 13.4. The number of anilines is 2. The molecule has 1 aromatic rings. The Bertz CT molecular complexity index is 509. The van der Waals surface area contributed by atoms with Crippen molar-refractivity contribution in [3.63, 3.8) is 0 Å². The number of nitrogens with two attached hydrogens (primary N) is 1. The molecule has 0 radical (unpaired) electrons. The summed E-state index contributed by atoms with van der Waals surface area (Å²) in [5, 5.41) is 0. The lowest BCUT2D eigenvalue weighted by atomic mass is 9.99. The summed E-state index contributed by atoms with van der Waals surface area (Å²) in [6, 6.07) is 3.76. The first kappa shape index (κ1) is 15.4. The van der Waals surface area contributed by atoms with E-state index in [1.54, 1.807) is 13.2 Å². The molecule has 0 aromatic heterocycles. The molecular formula is C17H26FN3O. The molecule has 122 valence electrons. The Balaban J connectivity index is 1.66. The topological polar surface area (TPSA) is 41.7 Å². The lowest BCUT2D eigenvalue weighted by Crippen LogP contribution is -2.46. The lowest BCUT2D eigenvalue weighted by Gasteiger charge is -2.41. The first-order valence-electron chi connectivity index (χ1n) is 8.31. The van der Waals surface area contributed by atoms with Crippen LogP contribution in [0.15, 0.2) is 12.1 Å². The van der Waals surface area contributed by atoms with Crippen LogP contribution in [0.1, 0.15) is 32.1 Å². The summed E-state index contributed by atoms with van der Waals surface area (Å²) < 4.78 is 19.4. The van der Waals surface area contributed by atoms with E-state index in [2.05, 4.69) is 9.80 Å². The summed E-state index contributed by atoms with van der Waals surface area (Å²) in [5.41, 5.74) is 6.73. The van der Waals surface area contributed by atoms with Crippen LogP contribution in [-0.2, 0) is 0 Å². The third kappa shape index (κ3) is 3.14. The van der Waals surface area contributed by atoms with Gasteiger partial charge in [-0.1, -0.05) is 6.42 Å². The summed E-state index contributed by atoms with van der Waals surface area (Å²) in [5.74, 6) is 0.296. The van der Waals surface area contributed by atoms with Gasteiger partial charge in [0.1, 0.15) is 11.6 Å². The Morgan fingerprint density at radius 1 is 1.09 bits per heavy atom. The molecule has 0 spiro atoms. The first-order valence-corrected chi connectivity index (χ1v) is 8.31. The van der Waals surface area contributed by atoms with Crippen molar-refractivity contribution in [1.82, 2.24) is 4.90 Å². The highest BCUT2D eigenvalue weighted by Gasteiger charge is 2.27. The predicted octanol–water partition coefficient (Wildman–Crippen LogP) is 2.87. The summed E-state index contributed by atoms with van der Waals surface area (Å²) in [7, 11) is 1.57. The maximum atomic E-state index is 14.2. The average molecular weight is 307 g/mol. The molecule has 4 nitrogen and oxygen atoms in total. The van der Waals surface area contributed by atoms with Crippen molar-refractivity contribution in [3.8, 4) is 5.75 Å². The van der Waals surface area contributed by atoms with Crippen LogP contribution in [0.25, 0.3) is 0 Å². The van der Waals surface area contributed by atoms with Crippen LogP contribution < -0.4 is 15.4 Å². The van der Waals surface area contributed by atoms with Gasteiger partial charge in [0.25, 0.3) is 0 Å². The van der Waals surface area contributed by atoms with Crippen molar-refractivity contribution in [2.24, 2.45) is 0 Å². The summed E-state index contributed by atoms with van der Waals surface area (Å²) in [4.78, 5) is 4.75. The van der Waals surface area contributed by atoms with E-state index in [0.29, 0.717) is 23.2 Å². The van der Waals surface area contributed by atoms with Crippen LogP contribution in [0, 0.1) is 5.82 Å². The fourth-order valence-electron chi connectivity index (χ4n) is 3.73. The quantitative estimate of drug-likeness (QED) is 0.872. The number of methoxy groups -OCH3 is 1. The van der Waals surface area contributed by atoms with Crippen LogP contribution in [0.5, 0.6) is 5.75 Å². The Morgan fingerprint density at radius 2 is 1.77 bits per heavy atom. The summed E-state index contributed by atoms with van der Waals surface area (Å²) >= 11 is 0. The monoisotopic (exact) mass is 307 g/mol. The number of piperidine rings is 2. The van der Waals surface area contributed by atoms with E-state index < -0.39 is 0 Å². The molecule has 0 atom stereocenters. The second-order valence-corrected chi connectivity index (χ2v) is 6.36. The van der Waals surface area contributed by atoms with Gasteiger partial charge in [-0.25, -0.2) is 4.39 Å². The molecule has 5 heteroatoms. The van der Waals surface area contributed by atoms with Crippen molar-refractivity contribution < 1.29 is 9.13 Å². The van der Waals surface area contributed by atoms with Gasteiger partial charge in [0.15, 0.2) is 0 Å². The van der Waals surface area contributed by atoms with E-state index in [1.807, 2.05) is 0 Å². The normalized spacial score (nSPS) is 21.1. The zero-order chi connectivity index (χ0) is 15.5. The lowest BCUT2D eigenvalue weighted by molar-refractivity contribution is 0.141. The molecule has 0 unspecified atom stereocenters. The highest BCUT2D eigenvalue weighted by Crippen LogP contribution is 2.33. The van der Waals surface area contributed by atoms with Gasteiger partial charge < -0.3 is 20.3 Å². The van der Waals surface area contributed by atoms with Gasteiger partial charge in [-0.15, -0.1) is 0 Å². The van der Waals surface area contributed by atoms with Gasteiger partial charge >= 0.3 is 0 Å². The number of nitrogen functional groups attached to an aromatic ring is 1. The van der Waals surface area contributed by atoms with Crippen molar-refractivity contribution in [2.75, 3.05) is 43.9 Å². The molecule has 3 rings (SSSR count). The maximum Gasteiger partial charge on any atom is 0.148 e. The third-order valence-corrected chi connectivity index (χ3v) is 5.01. The standard InChI is InChI=1S/C17H26FN3O/c1-22-17-12-16(14(18)11-15(17)19)21-9-5-13(6-10-21)20-7-3-2-4-8-20/h11-13H,2-10,19H2,1H3. The maximum absolute atomic E-state index is 14.2. The predicted molar refractivity (Wildman–Crippen MR) is 88.0 cm³/mol. The Labute approximate surface area is 132 Å². The molecular weight excluding hydrogens is 281 g/mol. The Morgan fingerprint density at radius 3 is 2.41 bits per heavy atom. The molecule has 22 heavy (non-hydrogen) atoms. The molecule has 0 bridgehead atoms. The number of nitrogens with zero attached hydrogens (tertiary/aromatic N) is 2. The molecule has 2 saturated heterocycles. The largest absolute Gasteiger partial charge is 0.495 e. The van der Waals surface area contributed by atoms with Crippen LogP contribution in [0.2, 0.25) is 0 Å². The molecule has 2 N–H and O–H groups in total. The van der Waals surface area contributed by atoms with Crippen molar-refractivity contribution in [2.45, 2.75) is 38.1 Å². The van der Waals surface area contributed by atoms with Gasteiger partial charge in [-0.2, -0.15) is 0 Å².